The third-order valence-corrected chi connectivity index (χ3v) is 4.90. The van der Waals surface area contributed by atoms with Gasteiger partial charge in [-0.05, 0) is 24.8 Å². The van der Waals surface area contributed by atoms with Crippen molar-refractivity contribution in [2.75, 3.05) is 13.1 Å². The average Bonchev–Trinajstić information content (AvgIpc) is 3.05. The molecule has 26 heavy (non-hydrogen) atoms. The number of rotatable bonds is 6. The maximum absolute atomic E-state index is 13.0. The lowest BCUT2D eigenvalue weighted by atomic mass is 9.97. The summed E-state index contributed by atoms with van der Waals surface area (Å²) in [6.07, 6.45) is 4.68. The van der Waals surface area contributed by atoms with Gasteiger partial charge >= 0.3 is 5.97 Å². The summed E-state index contributed by atoms with van der Waals surface area (Å²) in [6, 6.07) is 10.0. The Labute approximate surface area is 153 Å². The van der Waals surface area contributed by atoms with Crippen LogP contribution in [0.2, 0.25) is 0 Å². The molecule has 6 nitrogen and oxygen atoms in total. The molecule has 0 spiro atoms. The van der Waals surface area contributed by atoms with Gasteiger partial charge in [-0.2, -0.15) is 5.10 Å². The van der Waals surface area contributed by atoms with Gasteiger partial charge < -0.3 is 10.0 Å². The van der Waals surface area contributed by atoms with Gasteiger partial charge in [-0.25, -0.2) is 0 Å². The fourth-order valence-electron chi connectivity index (χ4n) is 3.52. The lowest BCUT2D eigenvalue weighted by Gasteiger charge is -2.30. The Morgan fingerprint density at radius 1 is 1.27 bits per heavy atom. The van der Waals surface area contributed by atoms with Crippen LogP contribution in [-0.4, -0.2) is 44.8 Å². The summed E-state index contributed by atoms with van der Waals surface area (Å²) in [5.41, 5.74) is 2.67. The van der Waals surface area contributed by atoms with Crippen molar-refractivity contribution in [2.45, 2.75) is 39.2 Å². The number of carbonyl (C=O) groups is 2. The fraction of sp³-hybridized carbons (Fsp3) is 0.450. The van der Waals surface area contributed by atoms with Crippen molar-refractivity contribution in [3.63, 3.8) is 0 Å². The van der Waals surface area contributed by atoms with Gasteiger partial charge in [-0.1, -0.05) is 43.7 Å². The molecule has 1 fully saturated rings. The van der Waals surface area contributed by atoms with E-state index in [9.17, 15) is 14.7 Å². The van der Waals surface area contributed by atoms with Gasteiger partial charge in [0.1, 0.15) is 0 Å². The van der Waals surface area contributed by atoms with Crippen LogP contribution in [0.4, 0.5) is 0 Å². The molecule has 1 saturated heterocycles. The number of piperidine rings is 1. The highest BCUT2D eigenvalue weighted by Crippen LogP contribution is 2.21. The molecular formula is C20H25N3O3. The van der Waals surface area contributed by atoms with E-state index in [0.29, 0.717) is 25.1 Å². The summed E-state index contributed by atoms with van der Waals surface area (Å²) >= 11 is 0. The Balaban J connectivity index is 1.82. The molecule has 1 aliphatic rings. The number of hydrogen-bond donors (Lipinski definition) is 1. The molecule has 1 aromatic heterocycles. The van der Waals surface area contributed by atoms with Crippen molar-refractivity contribution >= 4 is 11.9 Å². The number of likely N-dealkylation sites (tertiary alicyclic amines) is 1. The van der Waals surface area contributed by atoms with Gasteiger partial charge in [-0.15, -0.1) is 0 Å². The first kappa shape index (κ1) is 18.2. The van der Waals surface area contributed by atoms with Crippen LogP contribution in [-0.2, 0) is 17.8 Å². The Hall–Kier alpha value is -2.63. The van der Waals surface area contributed by atoms with Crippen molar-refractivity contribution in [3.05, 3.63) is 53.3 Å². The van der Waals surface area contributed by atoms with E-state index in [1.165, 1.54) is 0 Å². The van der Waals surface area contributed by atoms with Crippen LogP contribution < -0.4 is 0 Å². The summed E-state index contributed by atoms with van der Waals surface area (Å²) in [6.45, 7) is 3.60. The van der Waals surface area contributed by atoms with Crippen molar-refractivity contribution in [1.29, 1.82) is 0 Å². The summed E-state index contributed by atoms with van der Waals surface area (Å²) in [4.78, 5) is 26.0. The van der Waals surface area contributed by atoms with Crippen molar-refractivity contribution < 1.29 is 14.7 Å². The summed E-state index contributed by atoms with van der Waals surface area (Å²) in [7, 11) is 0. The zero-order valence-corrected chi connectivity index (χ0v) is 15.1. The van der Waals surface area contributed by atoms with E-state index < -0.39 is 11.9 Å². The molecule has 0 bridgehead atoms. The molecule has 1 N–H and O–H groups in total. The number of carboxylic acids is 1. The molecular weight excluding hydrogens is 330 g/mol. The monoisotopic (exact) mass is 355 g/mol. The standard InChI is InChI=1S/C20H25N3O3/c1-2-7-18-17(12-21-23(18)13-15-8-4-3-5-9-15)19(24)22-11-6-10-16(14-22)20(25)26/h3-5,8-9,12,16H,2,6-7,10-11,13-14H2,1H3,(H,25,26)/t16-/m0/s1. The SMILES string of the molecule is CCCc1c(C(=O)N2CCC[C@H](C(=O)O)C2)cnn1Cc1ccccc1. The summed E-state index contributed by atoms with van der Waals surface area (Å²) in [5.74, 6) is -1.39. The second-order valence-corrected chi connectivity index (χ2v) is 6.83. The molecule has 0 unspecified atom stereocenters. The van der Waals surface area contributed by atoms with Crippen molar-refractivity contribution in [2.24, 2.45) is 5.92 Å². The molecule has 2 aromatic rings. The number of nitrogens with zero attached hydrogens (tertiary/aromatic N) is 3. The van der Waals surface area contributed by atoms with E-state index >= 15 is 0 Å². The van der Waals surface area contributed by atoms with E-state index in [1.54, 1.807) is 11.1 Å². The second kappa shape index (κ2) is 8.17. The molecule has 1 atom stereocenters. The first-order valence-corrected chi connectivity index (χ1v) is 9.20. The number of hydrogen-bond acceptors (Lipinski definition) is 3. The number of aliphatic carboxylic acids is 1. The van der Waals surface area contributed by atoms with Gasteiger partial charge in [0.25, 0.3) is 5.91 Å². The predicted molar refractivity (Wildman–Crippen MR) is 98.0 cm³/mol. The number of amides is 1. The molecule has 6 heteroatoms. The van der Waals surface area contributed by atoms with Gasteiger partial charge in [0, 0.05) is 13.1 Å². The number of aromatic nitrogens is 2. The van der Waals surface area contributed by atoms with Gasteiger partial charge in [0.05, 0.1) is 29.9 Å². The first-order valence-electron chi connectivity index (χ1n) is 9.20. The molecule has 0 saturated carbocycles. The molecule has 1 amide bonds. The zero-order valence-electron chi connectivity index (χ0n) is 15.1. The largest absolute Gasteiger partial charge is 0.481 e. The summed E-state index contributed by atoms with van der Waals surface area (Å²) in [5, 5.41) is 13.7. The Bertz CT molecular complexity index is 770. The normalized spacial score (nSPS) is 17.3. The van der Waals surface area contributed by atoms with Crippen LogP contribution in [0.15, 0.2) is 36.5 Å². The van der Waals surface area contributed by atoms with Crippen LogP contribution in [0.3, 0.4) is 0 Å². The third kappa shape index (κ3) is 3.95. The van der Waals surface area contributed by atoms with E-state index in [2.05, 4.69) is 12.0 Å². The fourth-order valence-corrected chi connectivity index (χ4v) is 3.52. The molecule has 2 heterocycles. The van der Waals surface area contributed by atoms with Crippen LogP contribution >= 0.6 is 0 Å². The third-order valence-electron chi connectivity index (χ3n) is 4.90. The van der Waals surface area contributed by atoms with Crippen LogP contribution in [0.25, 0.3) is 0 Å². The molecule has 3 rings (SSSR count). The minimum atomic E-state index is -0.823. The second-order valence-electron chi connectivity index (χ2n) is 6.83. The quantitative estimate of drug-likeness (QED) is 0.864. The summed E-state index contributed by atoms with van der Waals surface area (Å²) < 4.78 is 1.89. The predicted octanol–water partition coefficient (Wildman–Crippen LogP) is 2.82. The highest BCUT2D eigenvalue weighted by molar-refractivity contribution is 5.95. The minimum Gasteiger partial charge on any atom is -0.481 e. The van der Waals surface area contributed by atoms with E-state index in [0.717, 1.165) is 30.5 Å². The lowest BCUT2D eigenvalue weighted by Crippen LogP contribution is -2.42. The van der Waals surface area contributed by atoms with E-state index in [1.807, 2.05) is 35.0 Å². The molecule has 1 aliphatic heterocycles. The molecule has 0 radical (unpaired) electrons. The minimum absolute atomic E-state index is 0.0984. The Morgan fingerprint density at radius 3 is 2.73 bits per heavy atom. The number of carboxylic acid groups (broad SMARTS) is 1. The maximum Gasteiger partial charge on any atom is 0.308 e. The Kier molecular flexibility index (Phi) is 5.71. The molecule has 138 valence electrons. The average molecular weight is 355 g/mol. The molecule has 1 aromatic carbocycles. The Morgan fingerprint density at radius 2 is 2.04 bits per heavy atom. The van der Waals surface area contributed by atoms with Crippen LogP contribution in [0.5, 0.6) is 0 Å². The molecule has 0 aliphatic carbocycles. The highest BCUT2D eigenvalue weighted by Gasteiger charge is 2.30. The number of benzene rings is 1. The van der Waals surface area contributed by atoms with Crippen LogP contribution in [0.1, 0.15) is 47.8 Å². The maximum atomic E-state index is 13.0. The zero-order chi connectivity index (χ0) is 18.5. The van der Waals surface area contributed by atoms with Crippen molar-refractivity contribution in [1.82, 2.24) is 14.7 Å². The number of carbonyl (C=O) groups excluding carboxylic acids is 1. The highest BCUT2D eigenvalue weighted by atomic mass is 16.4. The van der Waals surface area contributed by atoms with E-state index in [-0.39, 0.29) is 12.5 Å². The lowest BCUT2D eigenvalue weighted by molar-refractivity contribution is -0.143. The van der Waals surface area contributed by atoms with Crippen LogP contribution in [0, 0.1) is 5.92 Å². The van der Waals surface area contributed by atoms with Gasteiger partial charge in [0.2, 0.25) is 0 Å². The van der Waals surface area contributed by atoms with Gasteiger partial charge in [-0.3, -0.25) is 14.3 Å². The van der Waals surface area contributed by atoms with E-state index in [4.69, 9.17) is 0 Å². The topological polar surface area (TPSA) is 75.4 Å². The smallest absolute Gasteiger partial charge is 0.308 e. The van der Waals surface area contributed by atoms with Gasteiger partial charge in [0.15, 0.2) is 0 Å². The first-order chi connectivity index (χ1) is 12.6. The van der Waals surface area contributed by atoms with Crippen molar-refractivity contribution in [3.8, 4) is 0 Å².